The van der Waals surface area contributed by atoms with Crippen molar-refractivity contribution in [2.24, 2.45) is 5.10 Å². The minimum atomic E-state index is -1.06. The van der Waals surface area contributed by atoms with Gasteiger partial charge in [0.2, 0.25) is 5.91 Å². The molecule has 0 bridgehead atoms. The van der Waals surface area contributed by atoms with E-state index >= 15 is 0 Å². The van der Waals surface area contributed by atoms with Crippen LogP contribution >= 0.6 is 11.6 Å². The standard InChI is InChI=1S/C27H23ClN4O4/c1-16-4-6-17(7-5-16)22-15-20(29-32(22)23(33)12-13-24(34)35)26-25(18-8-10-19(28)11-9-18)21-3-2-14-31(21)30-27(26)36/h2-11,14,22H,12-13,15H2,1H3,(H,30,36)(H,34,35). The first-order chi connectivity index (χ1) is 17.3. The van der Waals surface area contributed by atoms with Gasteiger partial charge in [-0.3, -0.25) is 24.0 Å². The highest BCUT2D eigenvalue weighted by molar-refractivity contribution is 6.30. The van der Waals surface area contributed by atoms with E-state index in [9.17, 15) is 14.4 Å². The van der Waals surface area contributed by atoms with Gasteiger partial charge in [0.05, 0.1) is 29.3 Å². The molecule has 0 spiro atoms. The molecule has 1 amide bonds. The van der Waals surface area contributed by atoms with E-state index in [1.54, 1.807) is 22.8 Å². The molecule has 9 heteroatoms. The number of fused-ring (bicyclic) bond motifs is 1. The normalized spacial score (nSPS) is 15.3. The Kier molecular flexibility index (Phi) is 6.20. The first-order valence-corrected chi connectivity index (χ1v) is 11.9. The number of carbonyl (C=O) groups is 2. The van der Waals surface area contributed by atoms with Crippen LogP contribution in [0.5, 0.6) is 0 Å². The van der Waals surface area contributed by atoms with Gasteiger partial charge in [0, 0.05) is 29.6 Å². The molecule has 0 saturated heterocycles. The van der Waals surface area contributed by atoms with Crippen molar-refractivity contribution < 1.29 is 14.7 Å². The second kappa shape index (κ2) is 9.47. The van der Waals surface area contributed by atoms with Crippen LogP contribution in [-0.2, 0) is 9.59 Å². The zero-order valence-electron chi connectivity index (χ0n) is 19.4. The lowest BCUT2D eigenvalue weighted by Crippen LogP contribution is -2.27. The van der Waals surface area contributed by atoms with Crippen molar-refractivity contribution in [3.05, 3.63) is 98.9 Å². The molecule has 1 aliphatic rings. The summed E-state index contributed by atoms with van der Waals surface area (Å²) in [4.78, 5) is 37.6. The second-order valence-electron chi connectivity index (χ2n) is 8.77. The summed E-state index contributed by atoms with van der Waals surface area (Å²) in [5, 5.41) is 18.5. The van der Waals surface area contributed by atoms with E-state index < -0.39 is 17.9 Å². The molecule has 1 atom stereocenters. The minimum Gasteiger partial charge on any atom is -0.481 e. The Morgan fingerprint density at radius 2 is 1.78 bits per heavy atom. The predicted octanol–water partition coefficient (Wildman–Crippen LogP) is 4.80. The number of carbonyl (C=O) groups excluding carboxylic acids is 1. The van der Waals surface area contributed by atoms with Gasteiger partial charge >= 0.3 is 5.97 Å². The molecule has 0 fully saturated rings. The first kappa shape index (κ1) is 23.6. The molecule has 3 heterocycles. The molecule has 4 aromatic rings. The fraction of sp³-hybridized carbons (Fsp3) is 0.185. The highest BCUT2D eigenvalue weighted by Crippen LogP contribution is 2.36. The molecule has 1 aliphatic heterocycles. The molecule has 0 aliphatic carbocycles. The van der Waals surface area contributed by atoms with Crippen molar-refractivity contribution in [3.8, 4) is 11.1 Å². The number of aromatic amines is 1. The fourth-order valence-corrected chi connectivity index (χ4v) is 4.67. The Labute approximate surface area is 211 Å². The third-order valence-electron chi connectivity index (χ3n) is 6.31. The van der Waals surface area contributed by atoms with Crippen LogP contribution in [0.4, 0.5) is 0 Å². The maximum atomic E-state index is 13.4. The van der Waals surface area contributed by atoms with Gasteiger partial charge in [-0.05, 0) is 42.3 Å². The van der Waals surface area contributed by atoms with Crippen LogP contribution in [0.25, 0.3) is 16.6 Å². The summed E-state index contributed by atoms with van der Waals surface area (Å²) < 4.78 is 1.65. The van der Waals surface area contributed by atoms with Crippen molar-refractivity contribution >= 4 is 34.7 Å². The number of hydrogen-bond acceptors (Lipinski definition) is 4. The summed E-state index contributed by atoms with van der Waals surface area (Å²) in [6, 6.07) is 18.2. The van der Waals surface area contributed by atoms with E-state index in [-0.39, 0.29) is 18.4 Å². The molecule has 0 radical (unpaired) electrons. The fourth-order valence-electron chi connectivity index (χ4n) is 4.54. The van der Waals surface area contributed by atoms with Crippen molar-refractivity contribution in [1.29, 1.82) is 0 Å². The lowest BCUT2D eigenvalue weighted by Gasteiger charge is -2.22. The van der Waals surface area contributed by atoms with Gasteiger partial charge in [-0.2, -0.15) is 5.10 Å². The lowest BCUT2D eigenvalue weighted by molar-refractivity contribution is -0.141. The number of hydrazone groups is 1. The van der Waals surface area contributed by atoms with Crippen LogP contribution in [0.3, 0.4) is 0 Å². The van der Waals surface area contributed by atoms with Gasteiger partial charge in [-0.15, -0.1) is 0 Å². The number of nitrogens with zero attached hydrogens (tertiary/aromatic N) is 3. The first-order valence-electron chi connectivity index (χ1n) is 11.5. The number of amides is 1. The van der Waals surface area contributed by atoms with Crippen molar-refractivity contribution in [2.45, 2.75) is 32.2 Å². The van der Waals surface area contributed by atoms with E-state index in [0.717, 1.165) is 22.2 Å². The Bertz CT molecular complexity index is 1550. The Morgan fingerprint density at radius 1 is 1.06 bits per heavy atom. The van der Waals surface area contributed by atoms with E-state index in [1.807, 2.05) is 55.5 Å². The summed E-state index contributed by atoms with van der Waals surface area (Å²) in [5.74, 6) is -1.47. The van der Waals surface area contributed by atoms with Gasteiger partial charge in [0.25, 0.3) is 5.56 Å². The van der Waals surface area contributed by atoms with Crippen LogP contribution < -0.4 is 5.56 Å². The number of carboxylic acids is 1. The molecule has 1 unspecified atom stereocenters. The van der Waals surface area contributed by atoms with Gasteiger partial charge < -0.3 is 5.11 Å². The molecule has 2 aromatic carbocycles. The lowest BCUT2D eigenvalue weighted by atomic mass is 9.93. The smallest absolute Gasteiger partial charge is 0.303 e. The number of carboxylic acid groups (broad SMARTS) is 1. The largest absolute Gasteiger partial charge is 0.481 e. The second-order valence-corrected chi connectivity index (χ2v) is 9.21. The average Bonchev–Trinajstić information content (AvgIpc) is 3.50. The van der Waals surface area contributed by atoms with Gasteiger partial charge in [-0.25, -0.2) is 5.01 Å². The topological polar surface area (TPSA) is 107 Å². The van der Waals surface area contributed by atoms with E-state index in [4.69, 9.17) is 16.7 Å². The molecule has 182 valence electrons. The van der Waals surface area contributed by atoms with Gasteiger partial charge in [0.1, 0.15) is 0 Å². The van der Waals surface area contributed by atoms with Crippen LogP contribution in [0.1, 0.15) is 42.0 Å². The van der Waals surface area contributed by atoms with Crippen LogP contribution in [-0.4, -0.2) is 37.3 Å². The van der Waals surface area contributed by atoms with E-state index in [2.05, 4.69) is 10.2 Å². The van der Waals surface area contributed by atoms with Gasteiger partial charge in [0.15, 0.2) is 0 Å². The molecule has 2 N–H and O–H groups in total. The maximum Gasteiger partial charge on any atom is 0.303 e. The molecule has 0 saturated carbocycles. The molecule has 36 heavy (non-hydrogen) atoms. The number of aryl methyl sites for hydroxylation is 1. The van der Waals surface area contributed by atoms with Crippen LogP contribution in [0.2, 0.25) is 5.02 Å². The SMILES string of the molecule is Cc1ccc(C2CC(c3c(-c4ccc(Cl)cc4)c4cccn4[nH]c3=O)=NN2C(=O)CCC(=O)O)cc1. The summed E-state index contributed by atoms with van der Waals surface area (Å²) >= 11 is 6.12. The van der Waals surface area contributed by atoms with Crippen molar-refractivity contribution in [2.75, 3.05) is 0 Å². The Balaban J connectivity index is 1.66. The van der Waals surface area contributed by atoms with Crippen LogP contribution in [0.15, 0.2) is 76.8 Å². The number of aromatic nitrogens is 2. The zero-order valence-corrected chi connectivity index (χ0v) is 20.2. The number of hydrogen-bond donors (Lipinski definition) is 2. The van der Waals surface area contributed by atoms with E-state index in [1.165, 1.54) is 5.01 Å². The summed E-state index contributed by atoms with van der Waals surface area (Å²) in [5.41, 5.74) is 4.66. The maximum absolute atomic E-state index is 13.4. The summed E-state index contributed by atoms with van der Waals surface area (Å²) in [7, 11) is 0. The third kappa shape index (κ3) is 4.43. The number of halogens is 1. The molecule has 2 aromatic heterocycles. The minimum absolute atomic E-state index is 0.188. The van der Waals surface area contributed by atoms with Crippen molar-refractivity contribution in [1.82, 2.24) is 14.6 Å². The predicted molar refractivity (Wildman–Crippen MR) is 137 cm³/mol. The molecular formula is C27H23ClN4O4. The molecule has 5 rings (SSSR count). The Hall–Kier alpha value is -4.17. The number of H-pyrrole nitrogens is 1. The Morgan fingerprint density at radius 3 is 2.47 bits per heavy atom. The molecular weight excluding hydrogens is 480 g/mol. The monoisotopic (exact) mass is 502 g/mol. The molecule has 8 nitrogen and oxygen atoms in total. The third-order valence-corrected chi connectivity index (χ3v) is 6.56. The zero-order chi connectivity index (χ0) is 25.4. The highest BCUT2D eigenvalue weighted by Gasteiger charge is 2.35. The summed E-state index contributed by atoms with van der Waals surface area (Å²) in [6.07, 6.45) is 1.58. The van der Waals surface area contributed by atoms with Gasteiger partial charge in [-0.1, -0.05) is 53.6 Å². The number of rotatable bonds is 6. The highest BCUT2D eigenvalue weighted by atomic mass is 35.5. The summed E-state index contributed by atoms with van der Waals surface area (Å²) in [6.45, 7) is 1.97. The number of benzene rings is 2. The quantitative estimate of drug-likeness (QED) is 0.395. The van der Waals surface area contributed by atoms with Crippen LogP contribution in [0, 0.1) is 6.92 Å². The average molecular weight is 503 g/mol. The van der Waals surface area contributed by atoms with E-state index in [0.29, 0.717) is 28.3 Å². The van der Waals surface area contributed by atoms with Crippen molar-refractivity contribution in [3.63, 3.8) is 0 Å². The number of nitrogens with one attached hydrogen (secondary N) is 1. The number of aliphatic carboxylic acids is 1.